The summed E-state index contributed by atoms with van der Waals surface area (Å²) in [5, 5.41) is 14.6. The zero-order valence-corrected chi connectivity index (χ0v) is 13.0. The highest BCUT2D eigenvalue weighted by atomic mass is 16.4. The Morgan fingerprint density at radius 2 is 2.00 bits per heavy atom. The minimum atomic E-state index is -0.974. The number of urea groups is 1. The van der Waals surface area contributed by atoms with E-state index in [1.165, 1.54) is 6.42 Å². The molecule has 0 saturated heterocycles. The van der Waals surface area contributed by atoms with Crippen LogP contribution in [0.3, 0.4) is 0 Å². The van der Waals surface area contributed by atoms with Crippen LogP contribution < -0.4 is 10.6 Å². The summed E-state index contributed by atoms with van der Waals surface area (Å²) in [4.78, 5) is 23.1. The Balaban J connectivity index is 2.47. The molecule has 5 nitrogen and oxygen atoms in total. The van der Waals surface area contributed by atoms with Gasteiger partial charge in [-0.15, -0.1) is 0 Å². The lowest BCUT2D eigenvalue weighted by atomic mass is 9.75. The lowest BCUT2D eigenvalue weighted by Gasteiger charge is -2.35. The summed E-state index contributed by atoms with van der Waals surface area (Å²) < 4.78 is 0. The van der Waals surface area contributed by atoms with Gasteiger partial charge in [-0.3, -0.25) is 0 Å². The molecular weight excluding hydrogens is 256 g/mol. The van der Waals surface area contributed by atoms with Gasteiger partial charge >= 0.3 is 12.0 Å². The van der Waals surface area contributed by atoms with Gasteiger partial charge in [0.05, 0.1) is 0 Å². The maximum atomic E-state index is 11.9. The van der Waals surface area contributed by atoms with Gasteiger partial charge in [-0.25, -0.2) is 9.59 Å². The van der Waals surface area contributed by atoms with E-state index in [1.54, 1.807) is 0 Å². The van der Waals surface area contributed by atoms with Crippen molar-refractivity contribution in [3.05, 3.63) is 0 Å². The van der Waals surface area contributed by atoms with Crippen molar-refractivity contribution in [3.8, 4) is 0 Å². The summed E-state index contributed by atoms with van der Waals surface area (Å²) in [5.74, 6) is -0.747. The average molecular weight is 284 g/mol. The summed E-state index contributed by atoms with van der Waals surface area (Å²) in [5.41, 5.74) is 0.250. The summed E-state index contributed by atoms with van der Waals surface area (Å²) >= 11 is 0. The molecule has 0 radical (unpaired) electrons. The highest BCUT2D eigenvalue weighted by Crippen LogP contribution is 2.34. The van der Waals surface area contributed by atoms with Gasteiger partial charge in [-0.2, -0.15) is 0 Å². The molecule has 0 aliphatic heterocycles. The normalized spacial score (nSPS) is 23.1. The van der Waals surface area contributed by atoms with Crippen LogP contribution in [-0.2, 0) is 4.79 Å². The lowest BCUT2D eigenvalue weighted by molar-refractivity contribution is -0.139. The third-order valence-corrected chi connectivity index (χ3v) is 3.85. The molecule has 20 heavy (non-hydrogen) atoms. The highest BCUT2D eigenvalue weighted by Gasteiger charge is 2.29. The predicted octanol–water partition coefficient (Wildman–Crippen LogP) is 2.75. The van der Waals surface area contributed by atoms with Gasteiger partial charge in [0, 0.05) is 6.04 Å². The molecule has 1 aliphatic rings. The Morgan fingerprint density at radius 1 is 1.35 bits per heavy atom. The van der Waals surface area contributed by atoms with E-state index in [1.807, 2.05) is 13.8 Å². The quantitative estimate of drug-likeness (QED) is 0.726. The topological polar surface area (TPSA) is 78.4 Å². The monoisotopic (exact) mass is 284 g/mol. The van der Waals surface area contributed by atoms with Crippen LogP contribution in [0, 0.1) is 11.3 Å². The molecule has 2 atom stereocenters. The van der Waals surface area contributed by atoms with Crippen molar-refractivity contribution in [2.75, 3.05) is 0 Å². The van der Waals surface area contributed by atoms with E-state index < -0.39 is 12.0 Å². The number of carbonyl (C=O) groups is 2. The van der Waals surface area contributed by atoms with Crippen LogP contribution in [0.1, 0.15) is 59.8 Å². The van der Waals surface area contributed by atoms with E-state index in [4.69, 9.17) is 5.11 Å². The SMILES string of the molecule is CC(C)CC(NC(=O)NC1CCCC(C)(C)C1)C(=O)O. The first-order valence-electron chi connectivity index (χ1n) is 7.49. The number of rotatable bonds is 5. The fourth-order valence-electron chi connectivity index (χ4n) is 2.90. The number of carboxylic acid groups (broad SMARTS) is 1. The number of hydrogen-bond donors (Lipinski definition) is 3. The molecule has 2 amide bonds. The number of nitrogens with one attached hydrogen (secondary N) is 2. The van der Waals surface area contributed by atoms with Crippen LogP contribution in [0.5, 0.6) is 0 Å². The minimum absolute atomic E-state index is 0.146. The molecule has 0 aromatic rings. The zero-order valence-electron chi connectivity index (χ0n) is 13.0. The molecule has 3 N–H and O–H groups in total. The van der Waals surface area contributed by atoms with Gasteiger partial charge in [0.25, 0.3) is 0 Å². The second-order valence-electron chi connectivity index (χ2n) is 7.10. The molecule has 1 aliphatic carbocycles. The summed E-state index contributed by atoms with van der Waals surface area (Å²) in [6, 6.07) is -1.03. The van der Waals surface area contributed by atoms with Gasteiger partial charge in [0.15, 0.2) is 0 Å². The van der Waals surface area contributed by atoms with Crippen molar-refractivity contribution >= 4 is 12.0 Å². The first kappa shape index (κ1) is 16.8. The van der Waals surface area contributed by atoms with Gasteiger partial charge in [-0.1, -0.05) is 34.1 Å². The van der Waals surface area contributed by atoms with E-state index in [2.05, 4.69) is 24.5 Å². The molecule has 116 valence electrons. The molecule has 1 rings (SSSR count). The third kappa shape index (κ3) is 5.80. The van der Waals surface area contributed by atoms with Gasteiger partial charge in [0.2, 0.25) is 0 Å². The fraction of sp³-hybridized carbons (Fsp3) is 0.867. The highest BCUT2D eigenvalue weighted by molar-refractivity contribution is 5.82. The Bertz CT molecular complexity index is 353. The van der Waals surface area contributed by atoms with Crippen molar-refractivity contribution in [1.29, 1.82) is 0 Å². The number of aliphatic carboxylic acids is 1. The van der Waals surface area contributed by atoms with Crippen LogP contribution in [0.15, 0.2) is 0 Å². The van der Waals surface area contributed by atoms with Crippen LogP contribution in [-0.4, -0.2) is 29.2 Å². The summed E-state index contributed by atoms with van der Waals surface area (Å²) in [6.07, 6.45) is 4.64. The van der Waals surface area contributed by atoms with Crippen molar-refractivity contribution in [2.45, 2.75) is 71.9 Å². The van der Waals surface area contributed by atoms with E-state index in [-0.39, 0.29) is 23.4 Å². The number of carboxylic acids is 1. The standard InChI is InChI=1S/C15H28N2O3/c1-10(2)8-12(13(18)19)17-14(20)16-11-6-5-7-15(3,4)9-11/h10-12H,5-9H2,1-4H3,(H,18,19)(H2,16,17,20). The summed E-state index contributed by atoms with van der Waals surface area (Å²) in [7, 11) is 0. The molecular formula is C15H28N2O3. The Morgan fingerprint density at radius 3 is 2.50 bits per heavy atom. The van der Waals surface area contributed by atoms with E-state index in [0.717, 1.165) is 19.3 Å². The fourth-order valence-corrected chi connectivity index (χ4v) is 2.90. The first-order valence-corrected chi connectivity index (χ1v) is 7.49. The maximum absolute atomic E-state index is 11.9. The number of amides is 2. The molecule has 1 saturated carbocycles. The van der Waals surface area contributed by atoms with Gasteiger partial charge in [-0.05, 0) is 37.0 Å². The molecule has 0 bridgehead atoms. The molecule has 2 unspecified atom stereocenters. The van der Waals surface area contributed by atoms with Crippen LogP contribution >= 0.6 is 0 Å². The van der Waals surface area contributed by atoms with Crippen molar-refractivity contribution < 1.29 is 14.7 Å². The minimum Gasteiger partial charge on any atom is -0.480 e. The van der Waals surface area contributed by atoms with Gasteiger partial charge in [0.1, 0.15) is 6.04 Å². The van der Waals surface area contributed by atoms with E-state index >= 15 is 0 Å². The smallest absolute Gasteiger partial charge is 0.326 e. The number of carbonyl (C=O) groups excluding carboxylic acids is 1. The lowest BCUT2D eigenvalue weighted by Crippen LogP contribution is -2.50. The van der Waals surface area contributed by atoms with Crippen molar-refractivity contribution in [3.63, 3.8) is 0 Å². The maximum Gasteiger partial charge on any atom is 0.326 e. The van der Waals surface area contributed by atoms with E-state index in [0.29, 0.717) is 6.42 Å². The largest absolute Gasteiger partial charge is 0.480 e. The molecule has 0 spiro atoms. The summed E-state index contributed by atoms with van der Waals surface area (Å²) in [6.45, 7) is 8.30. The molecule has 0 aromatic carbocycles. The molecule has 0 heterocycles. The van der Waals surface area contributed by atoms with Crippen LogP contribution in [0.2, 0.25) is 0 Å². The zero-order chi connectivity index (χ0) is 15.3. The number of hydrogen-bond acceptors (Lipinski definition) is 2. The van der Waals surface area contributed by atoms with Crippen LogP contribution in [0.25, 0.3) is 0 Å². The van der Waals surface area contributed by atoms with Gasteiger partial charge < -0.3 is 15.7 Å². The predicted molar refractivity (Wildman–Crippen MR) is 78.6 cm³/mol. The third-order valence-electron chi connectivity index (χ3n) is 3.85. The van der Waals surface area contributed by atoms with E-state index in [9.17, 15) is 9.59 Å². The van der Waals surface area contributed by atoms with Crippen LogP contribution in [0.4, 0.5) is 4.79 Å². The molecule has 1 fully saturated rings. The Labute approximate surface area is 121 Å². The second-order valence-corrected chi connectivity index (χ2v) is 7.10. The molecule has 5 heteroatoms. The first-order chi connectivity index (χ1) is 9.19. The molecule has 0 aromatic heterocycles. The van der Waals surface area contributed by atoms with Crippen molar-refractivity contribution in [1.82, 2.24) is 10.6 Å². The Hall–Kier alpha value is -1.26. The second kappa shape index (κ2) is 6.95. The van der Waals surface area contributed by atoms with Crippen molar-refractivity contribution in [2.24, 2.45) is 11.3 Å². The Kier molecular flexibility index (Phi) is 5.84. The average Bonchev–Trinajstić information content (AvgIpc) is 2.25.